The fraction of sp³-hybridized carbons (Fsp3) is 0.462. The van der Waals surface area contributed by atoms with Crippen LogP contribution in [-0.4, -0.2) is 52.7 Å². The Kier molecular flexibility index (Phi) is 4.36. The maximum Gasteiger partial charge on any atom is 0.433 e. The molecule has 1 fully saturated rings. The van der Waals surface area contributed by atoms with Gasteiger partial charge in [0.15, 0.2) is 6.10 Å². The molecule has 1 aliphatic rings. The molecule has 1 aliphatic heterocycles. The van der Waals surface area contributed by atoms with E-state index in [4.69, 9.17) is 9.84 Å². The molecule has 6 nitrogen and oxygen atoms in total. The molecular weight excluding hydrogens is 305 g/mol. The van der Waals surface area contributed by atoms with Crippen LogP contribution in [0.15, 0.2) is 12.1 Å². The Bertz CT molecular complexity index is 603. The van der Waals surface area contributed by atoms with Crippen molar-refractivity contribution in [2.45, 2.75) is 19.2 Å². The van der Waals surface area contributed by atoms with Gasteiger partial charge in [0.05, 0.1) is 24.4 Å². The number of halogens is 3. The van der Waals surface area contributed by atoms with Gasteiger partial charge in [0, 0.05) is 6.54 Å². The maximum atomic E-state index is 12.6. The zero-order chi connectivity index (χ0) is 16.5. The van der Waals surface area contributed by atoms with Gasteiger partial charge in [-0.2, -0.15) is 13.2 Å². The predicted molar refractivity (Wildman–Crippen MR) is 67.3 cm³/mol. The van der Waals surface area contributed by atoms with Crippen LogP contribution in [0.3, 0.4) is 0 Å². The third kappa shape index (κ3) is 3.35. The molecule has 0 aliphatic carbocycles. The van der Waals surface area contributed by atoms with E-state index in [9.17, 15) is 22.8 Å². The Labute approximate surface area is 123 Å². The zero-order valence-corrected chi connectivity index (χ0v) is 11.6. The third-order valence-electron chi connectivity index (χ3n) is 3.24. The Hall–Kier alpha value is -2.16. The van der Waals surface area contributed by atoms with Crippen LogP contribution in [0.25, 0.3) is 0 Å². The molecule has 1 unspecified atom stereocenters. The molecule has 22 heavy (non-hydrogen) atoms. The van der Waals surface area contributed by atoms with Crippen LogP contribution < -0.4 is 0 Å². The van der Waals surface area contributed by atoms with Crippen LogP contribution in [0.2, 0.25) is 0 Å². The minimum absolute atomic E-state index is 0.0130. The van der Waals surface area contributed by atoms with Gasteiger partial charge >= 0.3 is 12.1 Å². The number of rotatable bonds is 2. The second-order valence-electron chi connectivity index (χ2n) is 4.78. The molecule has 2 rings (SSSR count). The van der Waals surface area contributed by atoms with Gasteiger partial charge in [-0.15, -0.1) is 0 Å². The fourth-order valence-electron chi connectivity index (χ4n) is 2.10. The van der Waals surface area contributed by atoms with Crippen LogP contribution in [0, 0.1) is 6.92 Å². The van der Waals surface area contributed by atoms with Crippen LogP contribution in [0.1, 0.15) is 21.7 Å². The quantitative estimate of drug-likeness (QED) is 0.890. The highest BCUT2D eigenvalue weighted by atomic mass is 19.4. The first-order valence-electron chi connectivity index (χ1n) is 6.38. The van der Waals surface area contributed by atoms with Gasteiger partial charge in [-0.1, -0.05) is 0 Å². The molecule has 9 heteroatoms. The molecule has 1 atom stereocenters. The first-order valence-corrected chi connectivity index (χ1v) is 6.38. The van der Waals surface area contributed by atoms with E-state index in [1.54, 1.807) is 0 Å². The molecule has 0 spiro atoms. The minimum Gasteiger partial charge on any atom is -0.479 e. The molecule has 1 N–H and O–H groups in total. The number of aryl methyl sites for hydroxylation is 1. The predicted octanol–water partition coefficient (Wildman–Crippen LogP) is 1.33. The van der Waals surface area contributed by atoms with Gasteiger partial charge < -0.3 is 14.7 Å². The number of carboxylic acid groups (broad SMARTS) is 1. The van der Waals surface area contributed by atoms with Crippen LogP contribution in [-0.2, 0) is 15.7 Å². The van der Waals surface area contributed by atoms with Crippen LogP contribution >= 0.6 is 0 Å². The first kappa shape index (κ1) is 16.2. The van der Waals surface area contributed by atoms with Gasteiger partial charge in [-0.25, -0.2) is 9.78 Å². The number of aliphatic carboxylic acids is 1. The summed E-state index contributed by atoms with van der Waals surface area (Å²) in [5.74, 6) is -1.76. The number of alkyl halides is 3. The Balaban J connectivity index is 2.21. The Morgan fingerprint density at radius 2 is 2.09 bits per heavy atom. The first-order chi connectivity index (χ1) is 10.2. The summed E-state index contributed by atoms with van der Waals surface area (Å²) >= 11 is 0. The summed E-state index contributed by atoms with van der Waals surface area (Å²) in [7, 11) is 0. The van der Waals surface area contributed by atoms with E-state index in [0.717, 1.165) is 12.1 Å². The summed E-state index contributed by atoms with van der Waals surface area (Å²) in [4.78, 5) is 27.8. The molecule has 1 saturated heterocycles. The Morgan fingerprint density at radius 1 is 1.41 bits per heavy atom. The number of carbonyl (C=O) groups excluding carboxylic acids is 1. The molecule has 1 aromatic heterocycles. The highest BCUT2D eigenvalue weighted by Gasteiger charge is 2.34. The van der Waals surface area contributed by atoms with Crippen molar-refractivity contribution < 1.29 is 32.6 Å². The van der Waals surface area contributed by atoms with Gasteiger partial charge in [0.25, 0.3) is 5.91 Å². The average Bonchev–Trinajstić information content (AvgIpc) is 2.45. The number of carbonyl (C=O) groups is 2. The summed E-state index contributed by atoms with van der Waals surface area (Å²) in [5, 5.41) is 8.89. The summed E-state index contributed by atoms with van der Waals surface area (Å²) in [6.07, 6.45) is -5.72. The summed E-state index contributed by atoms with van der Waals surface area (Å²) in [6.45, 7) is 1.37. The summed E-state index contributed by atoms with van der Waals surface area (Å²) < 4.78 is 42.7. The molecule has 0 radical (unpaired) electrons. The molecule has 0 saturated carbocycles. The van der Waals surface area contributed by atoms with Crippen molar-refractivity contribution in [1.82, 2.24) is 9.88 Å². The van der Waals surface area contributed by atoms with E-state index in [0.29, 0.717) is 0 Å². The van der Waals surface area contributed by atoms with Gasteiger partial charge in [0.1, 0.15) is 5.69 Å². The van der Waals surface area contributed by atoms with Crippen molar-refractivity contribution >= 4 is 11.9 Å². The lowest BCUT2D eigenvalue weighted by Crippen LogP contribution is -2.48. The SMILES string of the molecule is Cc1nc(C(F)(F)F)ccc1C(=O)N1CCOC(C(=O)O)C1. The second-order valence-corrected chi connectivity index (χ2v) is 4.78. The van der Waals surface area contributed by atoms with Crippen molar-refractivity contribution in [3.63, 3.8) is 0 Å². The highest BCUT2D eigenvalue weighted by molar-refractivity contribution is 5.95. The number of ether oxygens (including phenoxy) is 1. The summed E-state index contributed by atoms with van der Waals surface area (Å²) in [5.41, 5.74) is -1.12. The monoisotopic (exact) mass is 318 g/mol. The van der Waals surface area contributed by atoms with E-state index in [1.807, 2.05) is 0 Å². The van der Waals surface area contributed by atoms with Crippen molar-refractivity contribution in [3.8, 4) is 0 Å². The minimum atomic E-state index is -4.58. The smallest absolute Gasteiger partial charge is 0.433 e. The number of amides is 1. The number of hydrogen-bond acceptors (Lipinski definition) is 4. The standard InChI is InChI=1S/C13H13F3N2O4/c1-7-8(2-3-10(17-7)13(14,15)16)11(19)18-4-5-22-9(6-18)12(20)21/h2-3,9H,4-6H2,1H3,(H,20,21). The molecule has 0 bridgehead atoms. The topological polar surface area (TPSA) is 79.7 Å². The Morgan fingerprint density at radius 3 is 2.64 bits per heavy atom. The molecule has 0 aromatic carbocycles. The number of aromatic nitrogens is 1. The van der Waals surface area contributed by atoms with E-state index in [-0.39, 0.29) is 31.0 Å². The van der Waals surface area contributed by atoms with Crippen molar-refractivity contribution in [2.24, 2.45) is 0 Å². The molecule has 2 heterocycles. The van der Waals surface area contributed by atoms with E-state index >= 15 is 0 Å². The van der Waals surface area contributed by atoms with E-state index in [1.165, 1.54) is 11.8 Å². The molecule has 1 aromatic rings. The zero-order valence-electron chi connectivity index (χ0n) is 11.6. The lowest BCUT2D eigenvalue weighted by molar-refractivity contribution is -0.154. The van der Waals surface area contributed by atoms with Crippen LogP contribution in [0.4, 0.5) is 13.2 Å². The number of nitrogens with zero attached hydrogens (tertiary/aromatic N) is 2. The number of carboxylic acids is 1. The lowest BCUT2D eigenvalue weighted by Gasteiger charge is -2.31. The van der Waals surface area contributed by atoms with Gasteiger partial charge in [0.2, 0.25) is 0 Å². The van der Waals surface area contributed by atoms with Gasteiger partial charge in [-0.3, -0.25) is 4.79 Å². The molecular formula is C13H13F3N2O4. The average molecular weight is 318 g/mol. The van der Waals surface area contributed by atoms with Crippen molar-refractivity contribution in [2.75, 3.05) is 19.7 Å². The molecule has 1 amide bonds. The number of hydrogen-bond donors (Lipinski definition) is 1. The van der Waals surface area contributed by atoms with Crippen molar-refractivity contribution in [1.29, 1.82) is 0 Å². The number of pyridine rings is 1. The normalized spacial score (nSPS) is 19.1. The van der Waals surface area contributed by atoms with E-state index < -0.39 is 29.9 Å². The summed E-state index contributed by atoms with van der Waals surface area (Å²) in [6, 6.07) is 1.79. The second kappa shape index (κ2) is 5.91. The van der Waals surface area contributed by atoms with Crippen molar-refractivity contribution in [3.05, 3.63) is 29.1 Å². The largest absolute Gasteiger partial charge is 0.479 e. The molecule has 120 valence electrons. The lowest BCUT2D eigenvalue weighted by atomic mass is 10.1. The fourth-order valence-corrected chi connectivity index (χ4v) is 2.10. The highest BCUT2D eigenvalue weighted by Crippen LogP contribution is 2.28. The van der Waals surface area contributed by atoms with Crippen LogP contribution in [0.5, 0.6) is 0 Å². The van der Waals surface area contributed by atoms with Gasteiger partial charge in [-0.05, 0) is 19.1 Å². The van der Waals surface area contributed by atoms with E-state index in [2.05, 4.69) is 4.98 Å². The third-order valence-corrected chi connectivity index (χ3v) is 3.24. The maximum absolute atomic E-state index is 12.6. The number of morpholine rings is 1.